The molecule has 0 radical (unpaired) electrons. The minimum atomic E-state index is -1.96. The third-order valence-corrected chi connectivity index (χ3v) is 11.4. The van der Waals surface area contributed by atoms with Crippen molar-refractivity contribution in [3.8, 4) is 0 Å². The van der Waals surface area contributed by atoms with Gasteiger partial charge in [-0.2, -0.15) is 0 Å². The zero-order valence-corrected chi connectivity index (χ0v) is 43.2. The molecule has 0 fully saturated rings. The Bertz CT molecular complexity index is 1990. The Balaban J connectivity index is 6.64. The van der Waals surface area contributed by atoms with Gasteiger partial charge in [0.15, 0.2) is 0 Å². The summed E-state index contributed by atoms with van der Waals surface area (Å²) in [6, 6.07) is -14.5. The number of unbranched alkanes of at least 4 members (excludes halogenated alkanes) is 1. The number of hydrogen-bond donors (Lipinski definition) is 16. The van der Waals surface area contributed by atoms with Crippen molar-refractivity contribution in [2.75, 3.05) is 13.2 Å². The molecule has 0 spiro atoms. The highest BCUT2D eigenvalue weighted by molar-refractivity contribution is 5.99. The molecule has 0 aliphatic rings. The first kappa shape index (κ1) is 68.0. The number of aliphatic hydroxyl groups is 1. The van der Waals surface area contributed by atoms with Crippen LogP contribution in [0.4, 0.5) is 0 Å². The van der Waals surface area contributed by atoms with Gasteiger partial charge in [-0.15, -0.1) is 0 Å². The first-order valence-electron chi connectivity index (χ1n) is 24.6. The molecule has 0 aliphatic carbocycles. The van der Waals surface area contributed by atoms with Crippen LogP contribution in [-0.2, 0) is 62.3 Å². The molecule has 0 unspecified atom stereocenters. The van der Waals surface area contributed by atoms with Crippen LogP contribution >= 0.6 is 0 Å². The fourth-order valence-electron chi connectivity index (χ4n) is 7.08. The molecule has 29 heteroatoms. The molecule has 0 bridgehead atoms. The highest BCUT2D eigenvalue weighted by Gasteiger charge is 2.37. The van der Waals surface area contributed by atoms with E-state index in [2.05, 4.69) is 42.5 Å². The first-order valence-corrected chi connectivity index (χ1v) is 24.6. The van der Waals surface area contributed by atoms with Crippen molar-refractivity contribution in [3.05, 3.63) is 0 Å². The van der Waals surface area contributed by atoms with Crippen molar-refractivity contribution < 1.29 is 93.0 Å². The largest absolute Gasteiger partial charge is 0.481 e. The van der Waals surface area contributed by atoms with Crippen molar-refractivity contribution in [2.24, 2.45) is 29.2 Å². The minimum absolute atomic E-state index is 0.0121. The molecule has 426 valence electrons. The van der Waals surface area contributed by atoms with Gasteiger partial charge in [0, 0.05) is 19.3 Å². The topological polar surface area (TPSA) is 492 Å². The smallest absolute Gasteiger partial charge is 0.326 e. The van der Waals surface area contributed by atoms with Gasteiger partial charge in [-0.25, -0.2) is 4.79 Å². The lowest BCUT2D eigenvalue weighted by Gasteiger charge is -2.30. The van der Waals surface area contributed by atoms with Gasteiger partial charge in [-0.1, -0.05) is 48.0 Å². The van der Waals surface area contributed by atoms with Crippen molar-refractivity contribution >= 4 is 77.1 Å². The number of carbonyl (C=O) groups excluding carboxylic acids is 8. The van der Waals surface area contributed by atoms with Crippen molar-refractivity contribution in [1.82, 2.24) is 42.5 Å². The summed E-state index contributed by atoms with van der Waals surface area (Å²) < 4.78 is 0. The van der Waals surface area contributed by atoms with E-state index in [0.29, 0.717) is 12.8 Å². The SMILES string of the molecule is CC[C@H](C)[C@H](NC(=O)[C@H](CC(C)C)NC(=O)[C@H](CCCCN)NC(=O)[C@@H](N)CCC(=O)O)C(=O)N[C@@H](CO)C(=O)N[C@@H](CCC(=O)O)C(=O)N[C@@H](CCC(=O)O)C(=O)N[C@@H](CC(=O)O)C(=O)N[C@@H](CC(C)C)C(=O)O. The lowest BCUT2D eigenvalue weighted by Crippen LogP contribution is -2.62. The number of aliphatic hydroxyl groups excluding tert-OH is 1. The second kappa shape index (κ2) is 35.2. The highest BCUT2D eigenvalue weighted by Crippen LogP contribution is 2.14. The van der Waals surface area contributed by atoms with Crippen LogP contribution in [0.5, 0.6) is 0 Å². The summed E-state index contributed by atoms with van der Waals surface area (Å²) in [7, 11) is 0. The molecule has 0 aromatic rings. The quantitative estimate of drug-likeness (QED) is 0.0267. The number of amides is 8. The third kappa shape index (κ3) is 27.7. The standard InChI is InChI=1S/C46H78N10O19/c1-7-24(6)37(56-43(71)29(18-22(2)3)52-39(67)26(10-8-9-17-47)49-38(66)25(48)11-14-33(58)59)45(73)55-32(21-57)44(72)51-27(12-15-34(60)61)40(68)50-28(13-16-35(62)63)41(69)53-30(20-36(64)65)42(70)54-31(46(74)75)19-23(4)5/h22-32,37,57H,7-21,47-48H2,1-6H3,(H,49,66)(H,50,68)(H,51,72)(H,52,67)(H,53,69)(H,54,70)(H,55,73)(H,56,71)(H,58,59)(H,60,61)(H,62,63)(H,64,65)(H,74,75)/t24-,25-,26-,27-,28-,29-,30-,31-,32-,37-/m0/s1. The van der Waals surface area contributed by atoms with Gasteiger partial charge in [-0.05, 0) is 75.7 Å². The zero-order chi connectivity index (χ0) is 57.7. The number of nitrogens with two attached hydrogens (primary N) is 2. The van der Waals surface area contributed by atoms with Crippen molar-refractivity contribution in [2.45, 2.75) is 179 Å². The van der Waals surface area contributed by atoms with Crippen LogP contribution < -0.4 is 54.0 Å². The van der Waals surface area contributed by atoms with Crippen LogP contribution in [0.3, 0.4) is 0 Å². The predicted octanol–water partition coefficient (Wildman–Crippen LogP) is -3.39. The van der Waals surface area contributed by atoms with E-state index >= 15 is 0 Å². The summed E-state index contributed by atoms with van der Waals surface area (Å²) in [4.78, 5) is 166. The second-order valence-corrected chi connectivity index (χ2v) is 18.9. The Morgan fingerprint density at radius 1 is 0.427 bits per heavy atom. The lowest BCUT2D eigenvalue weighted by molar-refractivity contribution is -0.144. The summed E-state index contributed by atoms with van der Waals surface area (Å²) in [5.41, 5.74) is 11.5. The van der Waals surface area contributed by atoms with E-state index in [1.807, 2.05) is 0 Å². The number of aliphatic carboxylic acids is 5. The average molecular weight is 1080 g/mol. The normalized spacial score (nSPS) is 15.1. The summed E-state index contributed by atoms with van der Waals surface area (Å²) in [5, 5.41) is 75.7. The number of hydrogen-bond acceptors (Lipinski definition) is 16. The van der Waals surface area contributed by atoms with Gasteiger partial charge in [0.25, 0.3) is 0 Å². The van der Waals surface area contributed by atoms with Gasteiger partial charge < -0.3 is 84.6 Å². The molecule has 0 saturated heterocycles. The van der Waals surface area contributed by atoms with Gasteiger partial charge >= 0.3 is 29.8 Å². The van der Waals surface area contributed by atoms with Gasteiger partial charge in [-0.3, -0.25) is 57.5 Å². The molecule has 0 heterocycles. The molecule has 0 aliphatic heterocycles. The fourth-order valence-corrected chi connectivity index (χ4v) is 7.08. The van der Waals surface area contributed by atoms with Crippen LogP contribution in [0.1, 0.15) is 125 Å². The number of rotatable bonds is 39. The number of nitrogens with one attached hydrogen (secondary N) is 8. The number of carboxylic acid groups (broad SMARTS) is 5. The van der Waals surface area contributed by atoms with E-state index in [9.17, 15) is 87.9 Å². The van der Waals surface area contributed by atoms with Crippen LogP contribution in [-0.4, -0.2) is 175 Å². The molecule has 10 atom stereocenters. The Morgan fingerprint density at radius 2 is 0.800 bits per heavy atom. The van der Waals surface area contributed by atoms with E-state index < -0.39 is 183 Å². The summed E-state index contributed by atoms with van der Waals surface area (Å²) in [6.07, 6.45) is -3.73. The second-order valence-electron chi connectivity index (χ2n) is 18.9. The molecule has 0 rings (SSSR count). The average Bonchev–Trinajstić information content (AvgIpc) is 3.31. The fraction of sp³-hybridized carbons (Fsp3) is 0.717. The highest BCUT2D eigenvalue weighted by atomic mass is 16.4. The monoisotopic (exact) mass is 1070 g/mol. The molecule has 0 aromatic carbocycles. The van der Waals surface area contributed by atoms with Crippen LogP contribution in [0.15, 0.2) is 0 Å². The molecular formula is C46H78N10O19. The van der Waals surface area contributed by atoms with Gasteiger partial charge in [0.05, 0.1) is 19.1 Å². The molecule has 75 heavy (non-hydrogen) atoms. The molecule has 29 nitrogen and oxygen atoms in total. The minimum Gasteiger partial charge on any atom is -0.481 e. The number of carbonyl (C=O) groups is 13. The molecule has 18 N–H and O–H groups in total. The first-order chi connectivity index (χ1) is 35.0. The Hall–Kier alpha value is -7.01. The van der Waals surface area contributed by atoms with Gasteiger partial charge in [0.2, 0.25) is 47.3 Å². The van der Waals surface area contributed by atoms with E-state index in [4.69, 9.17) is 16.6 Å². The Labute approximate surface area is 433 Å². The van der Waals surface area contributed by atoms with Crippen molar-refractivity contribution in [1.29, 1.82) is 0 Å². The van der Waals surface area contributed by atoms with E-state index in [0.717, 1.165) is 0 Å². The Morgan fingerprint density at radius 3 is 1.23 bits per heavy atom. The maximum absolute atomic E-state index is 14.0. The molecule has 8 amide bonds. The third-order valence-electron chi connectivity index (χ3n) is 11.4. The van der Waals surface area contributed by atoms with Crippen LogP contribution in [0.25, 0.3) is 0 Å². The van der Waals surface area contributed by atoms with Crippen molar-refractivity contribution in [3.63, 3.8) is 0 Å². The number of carboxylic acids is 5. The molecular weight excluding hydrogens is 997 g/mol. The zero-order valence-electron chi connectivity index (χ0n) is 43.2. The predicted molar refractivity (Wildman–Crippen MR) is 262 cm³/mol. The van der Waals surface area contributed by atoms with Crippen LogP contribution in [0, 0.1) is 17.8 Å². The lowest BCUT2D eigenvalue weighted by atomic mass is 9.96. The molecule has 0 aromatic heterocycles. The summed E-state index contributed by atoms with van der Waals surface area (Å²) >= 11 is 0. The summed E-state index contributed by atoms with van der Waals surface area (Å²) in [6.45, 7) is 9.10. The molecule has 0 saturated carbocycles. The van der Waals surface area contributed by atoms with Crippen LogP contribution in [0.2, 0.25) is 0 Å². The van der Waals surface area contributed by atoms with E-state index in [1.54, 1.807) is 41.5 Å². The van der Waals surface area contributed by atoms with E-state index in [1.165, 1.54) is 0 Å². The summed E-state index contributed by atoms with van der Waals surface area (Å²) in [5.74, 6) is -17.1. The maximum atomic E-state index is 14.0. The van der Waals surface area contributed by atoms with Gasteiger partial charge in [0.1, 0.15) is 48.3 Å². The van der Waals surface area contributed by atoms with E-state index in [-0.39, 0.29) is 50.5 Å². The maximum Gasteiger partial charge on any atom is 0.326 e. The Kier molecular flexibility index (Phi) is 31.9.